The number of halogens is 2. The van der Waals surface area contributed by atoms with Gasteiger partial charge in [-0.15, -0.1) is 23.7 Å². The van der Waals surface area contributed by atoms with Crippen LogP contribution >= 0.6 is 35.3 Å². The molecule has 4 rings (SSSR count). The monoisotopic (exact) mass is 367 g/mol. The maximum absolute atomic E-state index is 12.4. The third-order valence-corrected chi connectivity index (χ3v) is 5.32. The average Bonchev–Trinajstić information content (AvgIpc) is 3.12. The van der Waals surface area contributed by atoms with E-state index < -0.39 is 0 Å². The standard InChI is InChI=1S/C16H14ClN3OS.ClH/c17-13-7-9-6-12(20-16(9)22-13)15(21)19-11-5-8-3-1-2-4-10(8)14(11)18;/h1-4,6-7,11,14,20H,5,18H2,(H,19,21);1H/t11-,14-;/m1./s1. The Morgan fingerprint density at radius 2 is 2.13 bits per heavy atom. The van der Waals surface area contributed by atoms with Crippen LogP contribution in [-0.2, 0) is 6.42 Å². The van der Waals surface area contributed by atoms with Crippen LogP contribution in [0, 0.1) is 0 Å². The van der Waals surface area contributed by atoms with E-state index in [4.69, 9.17) is 17.3 Å². The van der Waals surface area contributed by atoms with Crippen molar-refractivity contribution in [2.45, 2.75) is 18.5 Å². The van der Waals surface area contributed by atoms with Gasteiger partial charge in [0, 0.05) is 5.39 Å². The zero-order valence-corrected chi connectivity index (χ0v) is 14.4. The van der Waals surface area contributed by atoms with E-state index in [0.717, 1.165) is 22.2 Å². The van der Waals surface area contributed by atoms with Gasteiger partial charge in [0.25, 0.3) is 5.91 Å². The summed E-state index contributed by atoms with van der Waals surface area (Å²) < 4.78 is 0.710. The van der Waals surface area contributed by atoms with Gasteiger partial charge in [0.15, 0.2) is 0 Å². The molecule has 1 aliphatic rings. The summed E-state index contributed by atoms with van der Waals surface area (Å²) in [5, 5.41) is 3.99. The Morgan fingerprint density at radius 1 is 1.35 bits per heavy atom. The number of aromatic nitrogens is 1. The predicted molar refractivity (Wildman–Crippen MR) is 96.8 cm³/mol. The van der Waals surface area contributed by atoms with Crippen molar-refractivity contribution >= 4 is 51.5 Å². The maximum Gasteiger partial charge on any atom is 0.268 e. The second kappa shape index (κ2) is 6.17. The molecule has 2 atom stereocenters. The number of fused-ring (bicyclic) bond motifs is 2. The molecule has 0 saturated carbocycles. The number of H-pyrrole nitrogens is 1. The van der Waals surface area contributed by atoms with Crippen LogP contribution in [0.3, 0.4) is 0 Å². The van der Waals surface area contributed by atoms with Crippen LogP contribution in [0.5, 0.6) is 0 Å². The normalized spacial score (nSPS) is 19.4. The number of thiophene rings is 1. The van der Waals surface area contributed by atoms with Gasteiger partial charge in [0.05, 0.1) is 16.4 Å². The first kappa shape index (κ1) is 16.3. The highest BCUT2D eigenvalue weighted by molar-refractivity contribution is 7.22. The Hall–Kier alpha value is -1.53. The number of rotatable bonds is 2. The molecule has 0 unspecified atom stereocenters. The van der Waals surface area contributed by atoms with Gasteiger partial charge in [-0.1, -0.05) is 35.9 Å². The van der Waals surface area contributed by atoms with Crippen molar-refractivity contribution in [3.8, 4) is 0 Å². The number of carbonyl (C=O) groups excluding carboxylic acids is 1. The molecule has 0 saturated heterocycles. The number of hydrogen-bond donors (Lipinski definition) is 3. The summed E-state index contributed by atoms with van der Waals surface area (Å²) in [5.74, 6) is -0.132. The smallest absolute Gasteiger partial charge is 0.268 e. The topological polar surface area (TPSA) is 70.9 Å². The van der Waals surface area contributed by atoms with Crippen molar-refractivity contribution in [2.24, 2.45) is 5.73 Å². The summed E-state index contributed by atoms with van der Waals surface area (Å²) in [6.07, 6.45) is 0.768. The van der Waals surface area contributed by atoms with Crippen molar-refractivity contribution < 1.29 is 4.79 Å². The third kappa shape index (κ3) is 2.85. The Morgan fingerprint density at radius 3 is 2.87 bits per heavy atom. The summed E-state index contributed by atoms with van der Waals surface area (Å²) >= 11 is 7.37. The molecule has 0 fully saturated rings. The molecular formula is C16H15Cl2N3OS. The Bertz CT molecular complexity index is 842. The number of amides is 1. The summed E-state index contributed by atoms with van der Waals surface area (Å²) in [5.41, 5.74) is 9.12. The highest BCUT2D eigenvalue weighted by Crippen LogP contribution is 2.31. The lowest BCUT2D eigenvalue weighted by molar-refractivity contribution is 0.0929. The average molecular weight is 368 g/mol. The highest BCUT2D eigenvalue weighted by Gasteiger charge is 2.30. The second-order valence-corrected chi connectivity index (χ2v) is 7.21. The van der Waals surface area contributed by atoms with Crippen LogP contribution in [0.25, 0.3) is 10.2 Å². The lowest BCUT2D eigenvalue weighted by atomic mass is 10.1. The molecule has 1 aromatic carbocycles. The van der Waals surface area contributed by atoms with Crippen LogP contribution in [0.1, 0.15) is 27.7 Å². The highest BCUT2D eigenvalue weighted by atomic mass is 35.5. The van der Waals surface area contributed by atoms with E-state index in [9.17, 15) is 4.79 Å². The Balaban J connectivity index is 0.00000156. The molecule has 7 heteroatoms. The summed E-state index contributed by atoms with van der Waals surface area (Å²) in [6.45, 7) is 0. The van der Waals surface area contributed by atoms with Crippen molar-refractivity contribution in [1.82, 2.24) is 10.3 Å². The molecule has 0 radical (unpaired) electrons. The first-order valence-corrected chi connectivity index (χ1v) is 8.23. The van der Waals surface area contributed by atoms with E-state index in [1.807, 2.05) is 30.3 Å². The molecule has 4 nitrogen and oxygen atoms in total. The number of benzene rings is 1. The SMILES string of the molecule is Cl.N[C@@H]1c2ccccc2C[C@H]1NC(=O)c1cc2cc(Cl)sc2[nH]1. The largest absolute Gasteiger partial charge is 0.346 e. The number of nitrogens with two attached hydrogens (primary N) is 1. The first-order valence-electron chi connectivity index (χ1n) is 7.04. The zero-order valence-electron chi connectivity index (χ0n) is 12.0. The fraction of sp³-hybridized carbons (Fsp3) is 0.188. The summed E-state index contributed by atoms with van der Waals surface area (Å²) in [7, 11) is 0. The number of carbonyl (C=O) groups is 1. The molecule has 2 heterocycles. The van der Waals surface area contributed by atoms with E-state index in [0.29, 0.717) is 10.0 Å². The number of hydrogen-bond acceptors (Lipinski definition) is 3. The zero-order chi connectivity index (χ0) is 15.3. The van der Waals surface area contributed by atoms with Gasteiger partial charge in [0.1, 0.15) is 10.5 Å². The molecule has 1 amide bonds. The fourth-order valence-electron chi connectivity index (χ4n) is 3.03. The van der Waals surface area contributed by atoms with Crippen LogP contribution in [0.4, 0.5) is 0 Å². The summed E-state index contributed by atoms with van der Waals surface area (Å²) in [4.78, 5) is 16.4. The van der Waals surface area contributed by atoms with E-state index in [-0.39, 0.29) is 30.4 Å². The van der Waals surface area contributed by atoms with E-state index in [2.05, 4.69) is 16.4 Å². The molecule has 1 aliphatic carbocycles. The molecule has 0 bridgehead atoms. The first-order chi connectivity index (χ1) is 10.6. The molecule has 2 aromatic heterocycles. The number of aromatic amines is 1. The van der Waals surface area contributed by atoms with E-state index >= 15 is 0 Å². The molecule has 0 spiro atoms. The van der Waals surface area contributed by atoms with E-state index in [1.165, 1.54) is 16.9 Å². The van der Waals surface area contributed by atoms with Gasteiger partial charge in [-0.3, -0.25) is 4.79 Å². The Kier molecular flexibility index (Phi) is 4.38. The molecule has 23 heavy (non-hydrogen) atoms. The molecule has 120 valence electrons. The minimum absolute atomic E-state index is 0. The third-order valence-electron chi connectivity index (χ3n) is 4.13. The van der Waals surface area contributed by atoms with Crippen molar-refractivity contribution in [1.29, 1.82) is 0 Å². The van der Waals surface area contributed by atoms with Gasteiger partial charge >= 0.3 is 0 Å². The van der Waals surface area contributed by atoms with Gasteiger partial charge in [0.2, 0.25) is 0 Å². The van der Waals surface area contributed by atoms with Crippen molar-refractivity contribution in [3.63, 3.8) is 0 Å². The van der Waals surface area contributed by atoms with Crippen molar-refractivity contribution in [3.05, 3.63) is 57.6 Å². The predicted octanol–water partition coefficient (Wildman–Crippen LogP) is 3.66. The van der Waals surface area contributed by atoms with Gasteiger partial charge in [-0.05, 0) is 29.7 Å². The van der Waals surface area contributed by atoms with Crippen LogP contribution in [0.2, 0.25) is 4.34 Å². The second-order valence-electron chi connectivity index (χ2n) is 5.53. The lowest BCUT2D eigenvalue weighted by Gasteiger charge is -2.17. The van der Waals surface area contributed by atoms with E-state index in [1.54, 1.807) is 0 Å². The van der Waals surface area contributed by atoms with Gasteiger partial charge < -0.3 is 16.0 Å². The van der Waals surface area contributed by atoms with Crippen LogP contribution in [-0.4, -0.2) is 16.9 Å². The molecular weight excluding hydrogens is 353 g/mol. The number of nitrogens with one attached hydrogen (secondary N) is 2. The Labute approximate surface area is 148 Å². The maximum atomic E-state index is 12.4. The van der Waals surface area contributed by atoms with Crippen molar-refractivity contribution in [2.75, 3.05) is 0 Å². The fourth-order valence-corrected chi connectivity index (χ4v) is 4.15. The lowest BCUT2D eigenvalue weighted by Crippen LogP contribution is -2.40. The quantitative estimate of drug-likeness (QED) is 0.646. The summed E-state index contributed by atoms with van der Waals surface area (Å²) in [6, 6.07) is 11.5. The van der Waals surface area contributed by atoms with Gasteiger partial charge in [-0.25, -0.2) is 0 Å². The molecule has 3 aromatic rings. The minimum atomic E-state index is -0.161. The van der Waals surface area contributed by atoms with Gasteiger partial charge in [-0.2, -0.15) is 0 Å². The van der Waals surface area contributed by atoms with Crippen LogP contribution in [0.15, 0.2) is 36.4 Å². The molecule has 4 N–H and O–H groups in total. The van der Waals surface area contributed by atoms with Crippen LogP contribution < -0.4 is 11.1 Å². The minimum Gasteiger partial charge on any atom is -0.346 e. The molecule has 0 aliphatic heterocycles.